The Hall–Kier alpha value is -2.11. The van der Waals surface area contributed by atoms with Crippen molar-refractivity contribution < 1.29 is 9.42 Å². The molecule has 1 amide bonds. The van der Waals surface area contributed by atoms with Gasteiger partial charge in [0.2, 0.25) is 0 Å². The number of hydrogen-bond acceptors (Lipinski definition) is 4. The van der Waals surface area contributed by atoms with E-state index in [0.29, 0.717) is 18.2 Å². The fourth-order valence-corrected chi connectivity index (χ4v) is 1.83. The van der Waals surface area contributed by atoms with E-state index < -0.39 is 0 Å². The van der Waals surface area contributed by atoms with E-state index in [4.69, 9.17) is 0 Å². The van der Waals surface area contributed by atoms with Crippen LogP contribution in [0.15, 0.2) is 23.2 Å². The van der Waals surface area contributed by atoms with Gasteiger partial charge in [-0.05, 0) is 24.3 Å². The van der Waals surface area contributed by atoms with Gasteiger partial charge in [-0.3, -0.25) is 4.79 Å². The third-order valence-electron chi connectivity index (χ3n) is 2.88. The molecule has 1 fully saturated rings. The highest BCUT2D eigenvalue weighted by Crippen LogP contribution is 2.41. The Balaban J connectivity index is 1.67. The summed E-state index contributed by atoms with van der Waals surface area (Å²) in [7, 11) is 0. The third-order valence-corrected chi connectivity index (χ3v) is 2.88. The monoisotopic (exact) mass is 232 g/mol. The maximum Gasteiger partial charge on any atom is 0.253 e. The predicted octanol–water partition coefficient (Wildman–Crippen LogP) is 1.21. The lowest BCUT2D eigenvalue weighted by atomic mass is 10.1. The van der Waals surface area contributed by atoms with Crippen LogP contribution in [-0.4, -0.2) is 21.2 Å². The van der Waals surface area contributed by atoms with Crippen LogP contribution in [0.1, 0.15) is 40.4 Å². The Morgan fingerprint density at radius 3 is 3.12 bits per heavy atom. The van der Waals surface area contributed by atoms with Crippen molar-refractivity contribution in [3.05, 3.63) is 35.4 Å². The normalized spacial score (nSPS) is 14.8. The highest BCUT2D eigenvalue weighted by atomic mass is 16.6. The van der Waals surface area contributed by atoms with Crippen LogP contribution in [0.2, 0.25) is 0 Å². The molecule has 17 heavy (non-hydrogen) atoms. The van der Waals surface area contributed by atoms with Gasteiger partial charge in [-0.25, -0.2) is 4.63 Å². The summed E-state index contributed by atoms with van der Waals surface area (Å²) in [5.41, 5.74) is 2.45. The zero-order valence-electron chi connectivity index (χ0n) is 9.14. The van der Waals surface area contributed by atoms with Crippen LogP contribution < -0.4 is 5.32 Å². The van der Waals surface area contributed by atoms with Gasteiger partial charge in [-0.1, -0.05) is 10.3 Å². The first-order valence-electron chi connectivity index (χ1n) is 5.56. The van der Waals surface area contributed by atoms with Crippen LogP contribution in [0.4, 0.5) is 0 Å². The van der Waals surface area contributed by atoms with Gasteiger partial charge >= 0.3 is 0 Å². The number of aromatic amines is 1. The first-order valence-corrected chi connectivity index (χ1v) is 5.56. The second kappa shape index (κ2) is 4.04. The molecule has 1 aliphatic carbocycles. The van der Waals surface area contributed by atoms with Gasteiger partial charge in [0.25, 0.3) is 5.91 Å². The van der Waals surface area contributed by atoms with Crippen LogP contribution in [0, 0.1) is 0 Å². The van der Waals surface area contributed by atoms with Crippen molar-refractivity contribution in [1.82, 2.24) is 20.6 Å². The van der Waals surface area contributed by atoms with Gasteiger partial charge in [0.1, 0.15) is 5.69 Å². The topological polar surface area (TPSA) is 83.8 Å². The summed E-state index contributed by atoms with van der Waals surface area (Å²) in [5.74, 6) is 0.465. The molecule has 0 aliphatic heterocycles. The van der Waals surface area contributed by atoms with E-state index in [-0.39, 0.29) is 5.91 Å². The molecule has 2 N–H and O–H groups in total. The van der Waals surface area contributed by atoms with Crippen molar-refractivity contribution in [2.75, 3.05) is 0 Å². The standard InChI is InChI=1S/C11H12N4O2/c16-11(13-3-8-4-14-17-15-8)10-6-12-5-9(10)7-1-2-7/h4-7,12H,1-3H2,(H,13,16). The fraction of sp³-hybridized carbons (Fsp3) is 0.364. The molecular weight excluding hydrogens is 220 g/mol. The summed E-state index contributed by atoms with van der Waals surface area (Å²) in [5, 5.41) is 9.89. The van der Waals surface area contributed by atoms with E-state index in [0.717, 1.165) is 11.1 Å². The lowest BCUT2D eigenvalue weighted by molar-refractivity contribution is 0.0949. The van der Waals surface area contributed by atoms with Crippen LogP contribution in [0.5, 0.6) is 0 Å². The minimum Gasteiger partial charge on any atom is -0.367 e. The molecule has 1 aliphatic rings. The van der Waals surface area contributed by atoms with Gasteiger partial charge in [0.05, 0.1) is 18.3 Å². The summed E-state index contributed by atoms with van der Waals surface area (Å²) in [6, 6.07) is 0. The Labute approximate surface area is 97.4 Å². The molecule has 88 valence electrons. The Kier molecular flexibility index (Phi) is 2.40. The number of hydrogen-bond donors (Lipinski definition) is 2. The molecule has 2 aromatic heterocycles. The lowest BCUT2D eigenvalue weighted by Crippen LogP contribution is -2.23. The summed E-state index contributed by atoms with van der Waals surface area (Å²) >= 11 is 0. The summed E-state index contributed by atoms with van der Waals surface area (Å²) in [6.07, 6.45) is 7.48. The van der Waals surface area contributed by atoms with Crippen molar-refractivity contribution in [2.45, 2.75) is 25.3 Å². The van der Waals surface area contributed by atoms with Crippen LogP contribution >= 0.6 is 0 Å². The Morgan fingerprint density at radius 1 is 1.53 bits per heavy atom. The number of nitrogens with one attached hydrogen (secondary N) is 2. The van der Waals surface area contributed by atoms with Gasteiger partial charge in [0.15, 0.2) is 0 Å². The highest BCUT2D eigenvalue weighted by molar-refractivity contribution is 5.95. The summed E-state index contributed by atoms with van der Waals surface area (Å²) in [6.45, 7) is 0.331. The van der Waals surface area contributed by atoms with Crippen molar-refractivity contribution in [3.63, 3.8) is 0 Å². The number of carbonyl (C=O) groups excluding carboxylic acids is 1. The van der Waals surface area contributed by atoms with Gasteiger partial charge in [-0.2, -0.15) is 0 Å². The van der Waals surface area contributed by atoms with Crippen molar-refractivity contribution >= 4 is 5.91 Å². The van der Waals surface area contributed by atoms with E-state index >= 15 is 0 Å². The van der Waals surface area contributed by atoms with E-state index in [2.05, 4.69) is 25.2 Å². The van der Waals surface area contributed by atoms with E-state index in [9.17, 15) is 4.79 Å². The first kappa shape index (κ1) is 10.1. The van der Waals surface area contributed by atoms with Crippen LogP contribution in [-0.2, 0) is 6.54 Å². The zero-order chi connectivity index (χ0) is 11.7. The molecule has 0 unspecified atom stereocenters. The van der Waals surface area contributed by atoms with E-state index in [1.807, 2.05) is 6.20 Å². The molecule has 0 bridgehead atoms. The smallest absolute Gasteiger partial charge is 0.253 e. The SMILES string of the molecule is O=C(NCc1cnon1)c1c[nH]cc1C1CC1. The van der Waals surface area contributed by atoms with Crippen LogP contribution in [0.3, 0.4) is 0 Å². The molecule has 0 atom stereocenters. The molecule has 0 spiro atoms. The summed E-state index contributed by atoms with van der Waals surface area (Å²) in [4.78, 5) is 14.9. The predicted molar refractivity (Wildman–Crippen MR) is 58.2 cm³/mol. The maximum absolute atomic E-state index is 11.9. The first-order chi connectivity index (χ1) is 8.34. The molecule has 6 nitrogen and oxygen atoms in total. The average Bonchev–Trinajstić information content (AvgIpc) is 2.88. The quantitative estimate of drug-likeness (QED) is 0.829. The highest BCUT2D eigenvalue weighted by Gasteiger charge is 2.28. The van der Waals surface area contributed by atoms with Gasteiger partial charge in [-0.15, -0.1) is 0 Å². The molecule has 2 heterocycles. The fourth-order valence-electron chi connectivity index (χ4n) is 1.83. The molecule has 1 saturated carbocycles. The Morgan fingerprint density at radius 2 is 2.41 bits per heavy atom. The third kappa shape index (κ3) is 2.06. The van der Waals surface area contributed by atoms with Crippen molar-refractivity contribution in [3.8, 4) is 0 Å². The largest absolute Gasteiger partial charge is 0.367 e. The van der Waals surface area contributed by atoms with Gasteiger partial charge < -0.3 is 10.3 Å². The Bertz CT molecular complexity index is 513. The van der Waals surface area contributed by atoms with Crippen molar-refractivity contribution in [1.29, 1.82) is 0 Å². The number of rotatable bonds is 4. The summed E-state index contributed by atoms with van der Waals surface area (Å²) < 4.78 is 4.45. The second-order valence-electron chi connectivity index (χ2n) is 4.18. The number of carbonyl (C=O) groups is 1. The van der Waals surface area contributed by atoms with E-state index in [1.165, 1.54) is 19.0 Å². The van der Waals surface area contributed by atoms with E-state index in [1.54, 1.807) is 6.20 Å². The number of H-pyrrole nitrogens is 1. The number of amides is 1. The minimum atomic E-state index is -0.0869. The molecule has 0 saturated heterocycles. The zero-order valence-corrected chi connectivity index (χ0v) is 9.14. The molecule has 0 radical (unpaired) electrons. The van der Waals surface area contributed by atoms with Crippen LogP contribution in [0.25, 0.3) is 0 Å². The second-order valence-corrected chi connectivity index (χ2v) is 4.18. The van der Waals surface area contributed by atoms with Crippen molar-refractivity contribution in [2.24, 2.45) is 0 Å². The molecule has 3 rings (SSSR count). The molecule has 2 aromatic rings. The number of aromatic nitrogens is 3. The molecular formula is C11H12N4O2. The molecule has 6 heteroatoms. The minimum absolute atomic E-state index is 0.0869. The average molecular weight is 232 g/mol. The number of nitrogens with zero attached hydrogens (tertiary/aromatic N) is 2. The molecule has 0 aromatic carbocycles. The lowest BCUT2D eigenvalue weighted by Gasteiger charge is -2.03. The maximum atomic E-state index is 11.9. The van der Waals surface area contributed by atoms with Gasteiger partial charge in [0, 0.05) is 12.4 Å².